The van der Waals surface area contributed by atoms with Crippen molar-refractivity contribution < 1.29 is 0 Å². The van der Waals surface area contributed by atoms with Crippen molar-refractivity contribution in [2.75, 3.05) is 6.54 Å². The number of aromatic nitrogens is 2. The number of rotatable bonds is 2. The Labute approximate surface area is 83.7 Å². The molecule has 1 saturated heterocycles. The molecule has 4 heteroatoms. The van der Waals surface area contributed by atoms with Crippen LogP contribution in [0.3, 0.4) is 0 Å². The number of likely N-dealkylation sites (tertiary alicyclic amines) is 1. The molecule has 0 N–H and O–H groups in total. The quantitative estimate of drug-likeness (QED) is 0.696. The van der Waals surface area contributed by atoms with Crippen LogP contribution in [-0.4, -0.2) is 27.3 Å². The van der Waals surface area contributed by atoms with Gasteiger partial charge in [-0.3, -0.25) is 9.58 Å². The molecule has 1 aromatic rings. The van der Waals surface area contributed by atoms with Gasteiger partial charge in [0.05, 0.1) is 17.8 Å². The van der Waals surface area contributed by atoms with Gasteiger partial charge in [0.1, 0.15) is 0 Å². The summed E-state index contributed by atoms with van der Waals surface area (Å²) in [5, 5.41) is 13.2. The largest absolute Gasteiger partial charge is 0.282 e. The van der Waals surface area contributed by atoms with Crippen molar-refractivity contribution in [1.82, 2.24) is 14.7 Å². The van der Waals surface area contributed by atoms with Gasteiger partial charge in [-0.15, -0.1) is 0 Å². The monoisotopic (exact) mass is 190 g/mol. The van der Waals surface area contributed by atoms with Crippen molar-refractivity contribution in [3.05, 3.63) is 18.0 Å². The zero-order valence-corrected chi connectivity index (χ0v) is 8.35. The number of aryl methyl sites for hydroxylation is 1. The summed E-state index contributed by atoms with van der Waals surface area (Å²) in [6.45, 7) is 1.83. The maximum absolute atomic E-state index is 8.90. The molecule has 4 nitrogen and oxygen atoms in total. The third-order valence-electron chi connectivity index (χ3n) is 2.65. The molecule has 1 atom stereocenters. The minimum absolute atomic E-state index is 0.0945. The Morgan fingerprint density at radius 2 is 2.57 bits per heavy atom. The highest BCUT2D eigenvalue weighted by Crippen LogP contribution is 2.18. The van der Waals surface area contributed by atoms with Gasteiger partial charge < -0.3 is 0 Å². The van der Waals surface area contributed by atoms with Gasteiger partial charge in [-0.1, -0.05) is 0 Å². The summed E-state index contributed by atoms with van der Waals surface area (Å²) in [5.41, 5.74) is 1.05. The SMILES string of the molecule is Cn1ccc(CN2CCCC2C#N)n1. The Balaban J connectivity index is 2.01. The van der Waals surface area contributed by atoms with Gasteiger partial charge in [0, 0.05) is 19.8 Å². The van der Waals surface area contributed by atoms with Crippen molar-refractivity contribution in [3.63, 3.8) is 0 Å². The lowest BCUT2D eigenvalue weighted by atomic mass is 10.2. The van der Waals surface area contributed by atoms with E-state index in [0.29, 0.717) is 0 Å². The molecule has 1 aromatic heterocycles. The van der Waals surface area contributed by atoms with Gasteiger partial charge in [0.2, 0.25) is 0 Å². The molecule has 0 aromatic carbocycles. The number of nitriles is 1. The van der Waals surface area contributed by atoms with E-state index in [1.807, 2.05) is 19.3 Å². The molecule has 1 aliphatic heterocycles. The van der Waals surface area contributed by atoms with E-state index in [-0.39, 0.29) is 6.04 Å². The average Bonchev–Trinajstić information content (AvgIpc) is 2.76. The zero-order valence-electron chi connectivity index (χ0n) is 8.35. The number of hydrogen-bond donors (Lipinski definition) is 0. The second kappa shape index (κ2) is 3.81. The Kier molecular flexibility index (Phi) is 2.51. The molecule has 1 unspecified atom stereocenters. The van der Waals surface area contributed by atoms with Crippen molar-refractivity contribution in [2.24, 2.45) is 7.05 Å². The molecule has 0 amide bonds. The summed E-state index contributed by atoms with van der Waals surface area (Å²) in [6.07, 6.45) is 4.07. The van der Waals surface area contributed by atoms with Crippen molar-refractivity contribution in [1.29, 1.82) is 5.26 Å². The molecule has 0 saturated carbocycles. The van der Waals surface area contributed by atoms with E-state index in [1.165, 1.54) is 0 Å². The topological polar surface area (TPSA) is 44.9 Å². The van der Waals surface area contributed by atoms with Crippen LogP contribution in [-0.2, 0) is 13.6 Å². The number of nitrogens with zero attached hydrogens (tertiary/aromatic N) is 4. The highest BCUT2D eigenvalue weighted by Gasteiger charge is 2.24. The summed E-state index contributed by atoms with van der Waals surface area (Å²) >= 11 is 0. The first-order valence-corrected chi connectivity index (χ1v) is 4.92. The van der Waals surface area contributed by atoms with Crippen molar-refractivity contribution in [2.45, 2.75) is 25.4 Å². The summed E-state index contributed by atoms with van der Waals surface area (Å²) in [4.78, 5) is 2.20. The molecule has 0 spiro atoms. The third kappa shape index (κ3) is 1.78. The van der Waals surface area contributed by atoms with E-state index in [9.17, 15) is 0 Å². The van der Waals surface area contributed by atoms with Crippen LogP contribution in [0.2, 0.25) is 0 Å². The third-order valence-corrected chi connectivity index (χ3v) is 2.65. The molecular weight excluding hydrogens is 176 g/mol. The standard InChI is InChI=1S/C10H14N4/c1-13-6-4-9(12-13)8-14-5-2-3-10(14)7-11/h4,6,10H,2-3,5,8H2,1H3. The molecule has 74 valence electrons. The van der Waals surface area contributed by atoms with E-state index in [0.717, 1.165) is 31.6 Å². The zero-order chi connectivity index (χ0) is 9.97. The first kappa shape index (κ1) is 9.22. The van der Waals surface area contributed by atoms with Crippen LogP contribution in [0.5, 0.6) is 0 Å². The van der Waals surface area contributed by atoms with Crippen LogP contribution >= 0.6 is 0 Å². The van der Waals surface area contributed by atoms with Gasteiger partial charge in [-0.05, 0) is 25.5 Å². The molecule has 1 aliphatic rings. The average molecular weight is 190 g/mol. The molecule has 0 aliphatic carbocycles. The predicted octanol–water partition coefficient (Wildman–Crippen LogP) is 0.908. The van der Waals surface area contributed by atoms with Gasteiger partial charge in [0.25, 0.3) is 0 Å². The maximum Gasteiger partial charge on any atom is 0.0981 e. The Morgan fingerprint density at radius 3 is 3.21 bits per heavy atom. The van der Waals surface area contributed by atoms with E-state index >= 15 is 0 Å². The summed E-state index contributed by atoms with van der Waals surface area (Å²) in [5.74, 6) is 0. The highest BCUT2D eigenvalue weighted by atomic mass is 15.3. The van der Waals surface area contributed by atoms with Gasteiger partial charge in [-0.2, -0.15) is 10.4 Å². The lowest BCUT2D eigenvalue weighted by Crippen LogP contribution is -2.27. The Morgan fingerprint density at radius 1 is 1.71 bits per heavy atom. The van der Waals surface area contributed by atoms with Crippen LogP contribution in [0.25, 0.3) is 0 Å². The van der Waals surface area contributed by atoms with E-state index in [1.54, 1.807) is 4.68 Å². The minimum atomic E-state index is 0.0945. The molecule has 0 radical (unpaired) electrons. The molecule has 0 bridgehead atoms. The van der Waals surface area contributed by atoms with E-state index in [2.05, 4.69) is 16.1 Å². The highest BCUT2D eigenvalue weighted by molar-refractivity contribution is 5.03. The first-order valence-electron chi connectivity index (χ1n) is 4.92. The van der Waals surface area contributed by atoms with Crippen LogP contribution in [0.15, 0.2) is 12.3 Å². The Bertz CT molecular complexity index is 349. The number of hydrogen-bond acceptors (Lipinski definition) is 3. The minimum Gasteiger partial charge on any atom is -0.282 e. The lowest BCUT2D eigenvalue weighted by Gasteiger charge is -2.16. The normalized spacial score (nSPS) is 22.4. The smallest absolute Gasteiger partial charge is 0.0981 e. The fourth-order valence-corrected chi connectivity index (χ4v) is 1.92. The van der Waals surface area contributed by atoms with Crippen LogP contribution in [0.4, 0.5) is 0 Å². The van der Waals surface area contributed by atoms with Crippen LogP contribution in [0, 0.1) is 11.3 Å². The van der Waals surface area contributed by atoms with E-state index in [4.69, 9.17) is 5.26 Å². The van der Waals surface area contributed by atoms with Gasteiger partial charge in [0.15, 0.2) is 0 Å². The lowest BCUT2D eigenvalue weighted by molar-refractivity contribution is 0.282. The van der Waals surface area contributed by atoms with E-state index < -0.39 is 0 Å². The van der Waals surface area contributed by atoms with Crippen LogP contribution in [0.1, 0.15) is 18.5 Å². The molecular formula is C10H14N4. The maximum atomic E-state index is 8.90. The fraction of sp³-hybridized carbons (Fsp3) is 0.600. The predicted molar refractivity (Wildman–Crippen MR) is 52.3 cm³/mol. The van der Waals surface area contributed by atoms with Crippen LogP contribution < -0.4 is 0 Å². The van der Waals surface area contributed by atoms with Gasteiger partial charge in [-0.25, -0.2) is 0 Å². The second-order valence-corrected chi connectivity index (χ2v) is 3.74. The summed E-state index contributed by atoms with van der Waals surface area (Å²) < 4.78 is 1.80. The summed E-state index contributed by atoms with van der Waals surface area (Å²) in [7, 11) is 1.91. The summed E-state index contributed by atoms with van der Waals surface area (Å²) in [6, 6.07) is 4.43. The van der Waals surface area contributed by atoms with Crippen molar-refractivity contribution in [3.8, 4) is 6.07 Å². The van der Waals surface area contributed by atoms with Crippen molar-refractivity contribution >= 4 is 0 Å². The fourth-order valence-electron chi connectivity index (χ4n) is 1.92. The Hall–Kier alpha value is -1.34. The van der Waals surface area contributed by atoms with Gasteiger partial charge >= 0.3 is 0 Å². The first-order chi connectivity index (χ1) is 6.79. The molecule has 2 rings (SSSR count). The second-order valence-electron chi connectivity index (χ2n) is 3.74. The molecule has 1 fully saturated rings. The molecule has 2 heterocycles. The molecule has 14 heavy (non-hydrogen) atoms.